The van der Waals surface area contributed by atoms with Crippen molar-refractivity contribution in [3.63, 3.8) is 0 Å². The van der Waals surface area contributed by atoms with Crippen LogP contribution in [0.1, 0.15) is 16.1 Å². The van der Waals surface area contributed by atoms with Gasteiger partial charge in [-0.1, -0.05) is 6.07 Å². The normalized spacial score (nSPS) is 14.6. The van der Waals surface area contributed by atoms with Crippen molar-refractivity contribution in [2.24, 2.45) is 0 Å². The van der Waals surface area contributed by atoms with E-state index in [0.29, 0.717) is 12.4 Å². The Labute approximate surface area is 151 Å². The molecule has 0 atom stereocenters. The Morgan fingerprint density at radius 3 is 2.92 bits per heavy atom. The molecule has 3 aromatic rings. The van der Waals surface area contributed by atoms with Gasteiger partial charge in [-0.25, -0.2) is 0 Å². The molecule has 0 bridgehead atoms. The summed E-state index contributed by atoms with van der Waals surface area (Å²) in [6, 6.07) is 14.1. The molecule has 1 aromatic carbocycles. The number of nitrogens with zero attached hydrogens (tertiary/aromatic N) is 2. The topological polar surface area (TPSA) is 45.6 Å². The van der Waals surface area contributed by atoms with E-state index in [1.165, 1.54) is 4.88 Å². The minimum absolute atomic E-state index is 0.221. The lowest BCUT2D eigenvalue weighted by Crippen LogP contribution is -2.25. The maximum atomic E-state index is 10.5. The second kappa shape index (κ2) is 6.86. The summed E-state index contributed by atoms with van der Waals surface area (Å²) in [6.07, 6.45) is 1.82. The van der Waals surface area contributed by atoms with Gasteiger partial charge in [0.15, 0.2) is 11.5 Å². The van der Waals surface area contributed by atoms with Crippen LogP contribution < -0.4 is 4.74 Å². The van der Waals surface area contributed by atoms with Crippen molar-refractivity contribution in [3.8, 4) is 21.9 Å². The second-order valence-electron chi connectivity index (χ2n) is 6.27. The number of aryl methyl sites for hydroxylation is 1. The molecule has 4 nitrogen and oxygen atoms in total. The zero-order valence-corrected chi connectivity index (χ0v) is 14.9. The Hall–Kier alpha value is -2.37. The molecule has 1 aliphatic rings. The van der Waals surface area contributed by atoms with Crippen LogP contribution in [0.2, 0.25) is 0 Å². The first-order chi connectivity index (χ1) is 12.2. The number of thiophene rings is 1. The van der Waals surface area contributed by atoms with E-state index in [9.17, 15) is 5.11 Å². The monoisotopic (exact) mass is 352 g/mol. The molecule has 128 valence electrons. The number of aromatic hydroxyl groups is 1. The van der Waals surface area contributed by atoms with E-state index in [2.05, 4.69) is 35.0 Å². The molecule has 0 spiro atoms. The molecule has 1 N–H and O–H groups in total. The van der Waals surface area contributed by atoms with Gasteiger partial charge in [-0.2, -0.15) is 0 Å². The summed E-state index contributed by atoms with van der Waals surface area (Å²) < 4.78 is 5.83. The lowest BCUT2D eigenvalue weighted by Gasteiger charge is -2.19. The zero-order chi connectivity index (χ0) is 17.2. The minimum atomic E-state index is 0.221. The number of hydrogen-bond donors (Lipinski definition) is 1. The Balaban J connectivity index is 1.64. The molecule has 2 aromatic heterocycles. The Kier molecular flexibility index (Phi) is 4.42. The first kappa shape index (κ1) is 16.1. The molecule has 4 rings (SSSR count). The first-order valence-electron chi connectivity index (χ1n) is 8.37. The van der Waals surface area contributed by atoms with Crippen molar-refractivity contribution < 1.29 is 9.84 Å². The van der Waals surface area contributed by atoms with Gasteiger partial charge in [0.1, 0.15) is 6.61 Å². The highest BCUT2D eigenvalue weighted by Gasteiger charge is 2.20. The number of fused-ring (bicyclic) bond motifs is 1. The van der Waals surface area contributed by atoms with Crippen molar-refractivity contribution >= 4 is 11.3 Å². The first-order valence-corrected chi connectivity index (χ1v) is 9.18. The quantitative estimate of drug-likeness (QED) is 0.767. The molecule has 0 fully saturated rings. The van der Waals surface area contributed by atoms with Crippen LogP contribution in [0.15, 0.2) is 48.7 Å². The Morgan fingerprint density at radius 1 is 1.24 bits per heavy atom. The van der Waals surface area contributed by atoms with Gasteiger partial charge < -0.3 is 9.84 Å². The third-order valence-electron chi connectivity index (χ3n) is 4.33. The average molecular weight is 352 g/mol. The van der Waals surface area contributed by atoms with Gasteiger partial charge in [-0.3, -0.25) is 9.88 Å². The number of phenolic OH excluding ortho intramolecular Hbond substituents is 1. The van der Waals surface area contributed by atoms with E-state index in [4.69, 9.17) is 4.74 Å². The fraction of sp³-hybridized carbons (Fsp3) is 0.250. The van der Waals surface area contributed by atoms with E-state index in [0.717, 1.165) is 41.3 Å². The molecule has 1 aliphatic heterocycles. The number of aromatic nitrogens is 1. The smallest absolute Gasteiger partial charge is 0.165 e. The summed E-state index contributed by atoms with van der Waals surface area (Å²) in [5.74, 6) is 0.832. The van der Waals surface area contributed by atoms with Crippen molar-refractivity contribution in [2.45, 2.75) is 20.0 Å². The summed E-state index contributed by atoms with van der Waals surface area (Å²) in [6.45, 7) is 4.96. The maximum Gasteiger partial charge on any atom is 0.165 e. The van der Waals surface area contributed by atoms with E-state index in [1.54, 1.807) is 17.4 Å². The van der Waals surface area contributed by atoms with Gasteiger partial charge in [0, 0.05) is 41.1 Å². The van der Waals surface area contributed by atoms with Gasteiger partial charge >= 0.3 is 0 Å². The second-order valence-corrected chi connectivity index (χ2v) is 7.56. The molecular formula is C20H20N2O2S. The summed E-state index contributed by atoms with van der Waals surface area (Å²) >= 11 is 1.73. The van der Waals surface area contributed by atoms with E-state index in [1.807, 2.05) is 24.4 Å². The standard InChI is InChI=1S/C20H20N2O2S/c1-14-5-6-19(25-14)15-10-16-12-22(13-17-4-2-3-7-21-17)8-9-24-20(16)18(23)11-15/h2-7,10-11,23H,8-9,12-13H2,1H3. The highest BCUT2D eigenvalue weighted by atomic mass is 32.1. The Morgan fingerprint density at radius 2 is 2.16 bits per heavy atom. The lowest BCUT2D eigenvalue weighted by molar-refractivity contribution is 0.215. The zero-order valence-electron chi connectivity index (χ0n) is 14.1. The maximum absolute atomic E-state index is 10.5. The molecule has 0 unspecified atom stereocenters. The molecule has 0 saturated heterocycles. The SMILES string of the molecule is Cc1ccc(-c2cc(O)c3c(c2)CN(Cc2ccccn2)CCO3)s1. The van der Waals surface area contributed by atoms with Gasteiger partial charge in [0.2, 0.25) is 0 Å². The van der Waals surface area contributed by atoms with Crippen LogP contribution in [-0.2, 0) is 13.1 Å². The van der Waals surface area contributed by atoms with Crippen molar-refractivity contribution in [2.75, 3.05) is 13.2 Å². The molecule has 0 amide bonds. The van der Waals surface area contributed by atoms with Gasteiger partial charge in [-0.15, -0.1) is 11.3 Å². The van der Waals surface area contributed by atoms with Crippen molar-refractivity contribution in [1.29, 1.82) is 0 Å². The highest BCUT2D eigenvalue weighted by Crippen LogP contribution is 2.39. The van der Waals surface area contributed by atoms with Gasteiger partial charge in [0.25, 0.3) is 0 Å². The molecular weight excluding hydrogens is 332 g/mol. The third-order valence-corrected chi connectivity index (χ3v) is 5.38. The van der Waals surface area contributed by atoms with E-state index < -0.39 is 0 Å². The summed E-state index contributed by atoms with van der Waals surface area (Å²) in [4.78, 5) is 9.14. The largest absolute Gasteiger partial charge is 0.504 e. The minimum Gasteiger partial charge on any atom is -0.504 e. The van der Waals surface area contributed by atoms with Gasteiger partial charge in [-0.05, 0) is 48.9 Å². The molecule has 25 heavy (non-hydrogen) atoms. The van der Waals surface area contributed by atoms with E-state index in [-0.39, 0.29) is 5.75 Å². The number of phenols is 1. The molecule has 5 heteroatoms. The molecule has 0 saturated carbocycles. The summed E-state index contributed by atoms with van der Waals surface area (Å²) in [5, 5.41) is 10.5. The van der Waals surface area contributed by atoms with Crippen LogP contribution in [0, 0.1) is 6.92 Å². The van der Waals surface area contributed by atoms with Crippen LogP contribution in [0.4, 0.5) is 0 Å². The fourth-order valence-electron chi connectivity index (χ4n) is 3.14. The molecule has 0 radical (unpaired) electrons. The van der Waals surface area contributed by atoms with Crippen LogP contribution in [0.5, 0.6) is 11.5 Å². The number of pyridine rings is 1. The predicted octanol–water partition coefficient (Wildman–Crippen LogP) is 4.22. The molecule has 3 heterocycles. The molecule has 0 aliphatic carbocycles. The predicted molar refractivity (Wildman–Crippen MR) is 100 cm³/mol. The number of hydrogen-bond acceptors (Lipinski definition) is 5. The van der Waals surface area contributed by atoms with Crippen LogP contribution in [0.3, 0.4) is 0 Å². The van der Waals surface area contributed by atoms with Crippen LogP contribution >= 0.6 is 11.3 Å². The summed E-state index contributed by atoms with van der Waals surface area (Å²) in [5.41, 5.74) is 3.10. The number of ether oxygens (including phenoxy) is 1. The highest BCUT2D eigenvalue weighted by molar-refractivity contribution is 7.15. The van der Waals surface area contributed by atoms with Crippen LogP contribution in [0.25, 0.3) is 10.4 Å². The summed E-state index contributed by atoms with van der Waals surface area (Å²) in [7, 11) is 0. The van der Waals surface area contributed by atoms with Gasteiger partial charge in [0.05, 0.1) is 5.69 Å². The average Bonchev–Trinajstić information content (AvgIpc) is 2.93. The fourth-order valence-corrected chi connectivity index (χ4v) is 4.00. The number of benzene rings is 1. The lowest BCUT2D eigenvalue weighted by atomic mass is 10.1. The third kappa shape index (κ3) is 3.52. The Bertz CT molecular complexity index is 877. The van der Waals surface area contributed by atoms with Crippen molar-refractivity contribution in [1.82, 2.24) is 9.88 Å². The van der Waals surface area contributed by atoms with E-state index >= 15 is 0 Å². The number of rotatable bonds is 3. The van der Waals surface area contributed by atoms with Crippen LogP contribution in [-0.4, -0.2) is 28.1 Å². The van der Waals surface area contributed by atoms with Crippen molar-refractivity contribution in [3.05, 3.63) is 64.8 Å².